The Morgan fingerprint density at radius 3 is 2.78 bits per heavy atom. The van der Waals surface area contributed by atoms with Crippen LogP contribution in [-0.4, -0.2) is 16.0 Å². The van der Waals surface area contributed by atoms with Crippen LogP contribution in [0.1, 0.15) is 21.7 Å². The van der Waals surface area contributed by atoms with Gasteiger partial charge in [0.05, 0.1) is 0 Å². The van der Waals surface area contributed by atoms with Gasteiger partial charge in [-0.2, -0.15) is 0 Å². The number of halogens is 1. The van der Waals surface area contributed by atoms with E-state index in [1.54, 1.807) is 43.6 Å². The molecule has 2 heterocycles. The van der Waals surface area contributed by atoms with Crippen molar-refractivity contribution in [2.45, 2.75) is 13.8 Å². The van der Waals surface area contributed by atoms with Crippen LogP contribution in [0.25, 0.3) is 11.3 Å². The largest absolute Gasteiger partial charge is 0.360 e. The van der Waals surface area contributed by atoms with Gasteiger partial charge in [-0.15, -0.1) is 0 Å². The molecule has 6 heteroatoms. The van der Waals surface area contributed by atoms with E-state index >= 15 is 0 Å². The molecule has 0 atom stereocenters. The average Bonchev–Trinajstić information content (AvgIpc) is 2.94. The number of carbonyl (C=O) groups is 1. The number of benzene rings is 1. The smallest absolute Gasteiger partial charge is 0.261 e. The molecule has 3 rings (SSSR count). The minimum absolute atomic E-state index is 0.298. The maximum absolute atomic E-state index is 12.7. The number of aryl methyl sites for hydroxylation is 1. The van der Waals surface area contributed by atoms with Gasteiger partial charge in [-0.05, 0) is 43.7 Å². The van der Waals surface area contributed by atoms with Crippen molar-refractivity contribution in [1.29, 1.82) is 0 Å². The van der Waals surface area contributed by atoms with Gasteiger partial charge in [0.15, 0.2) is 0 Å². The monoisotopic (exact) mass is 327 g/mol. The van der Waals surface area contributed by atoms with Crippen molar-refractivity contribution in [2.24, 2.45) is 0 Å². The van der Waals surface area contributed by atoms with Crippen LogP contribution in [0, 0.1) is 13.8 Å². The second-order valence-electron chi connectivity index (χ2n) is 5.07. The predicted molar refractivity (Wildman–Crippen MR) is 88.6 cm³/mol. The van der Waals surface area contributed by atoms with Crippen molar-refractivity contribution in [3.05, 3.63) is 64.6 Å². The summed E-state index contributed by atoms with van der Waals surface area (Å²) < 4.78 is 5.20. The lowest BCUT2D eigenvalue weighted by Gasteiger charge is -2.09. The lowest BCUT2D eigenvalue weighted by molar-refractivity contribution is 0.102. The molecule has 2 aromatic heterocycles. The van der Waals surface area contributed by atoms with E-state index in [9.17, 15) is 4.79 Å². The molecular formula is C17H14ClN3O2. The molecule has 0 aliphatic heterocycles. The zero-order valence-corrected chi connectivity index (χ0v) is 13.4. The van der Waals surface area contributed by atoms with Crippen molar-refractivity contribution < 1.29 is 9.32 Å². The molecule has 1 amide bonds. The van der Waals surface area contributed by atoms with Crippen molar-refractivity contribution in [3.63, 3.8) is 0 Å². The number of hydrogen-bond donors (Lipinski definition) is 1. The summed E-state index contributed by atoms with van der Waals surface area (Å²) in [7, 11) is 0. The average molecular weight is 328 g/mol. The van der Waals surface area contributed by atoms with Gasteiger partial charge in [0.1, 0.15) is 17.0 Å². The van der Waals surface area contributed by atoms with Crippen LogP contribution < -0.4 is 5.32 Å². The predicted octanol–water partition coefficient (Wildman–Crippen LogP) is 4.26. The SMILES string of the molecule is Cc1onc(-c2cccnc2)c1C(=O)Nc1cccc(Cl)c1C. The fourth-order valence-corrected chi connectivity index (χ4v) is 2.44. The minimum Gasteiger partial charge on any atom is -0.360 e. The Morgan fingerprint density at radius 1 is 1.22 bits per heavy atom. The van der Waals surface area contributed by atoms with E-state index in [0.717, 1.165) is 11.1 Å². The van der Waals surface area contributed by atoms with Crippen molar-refractivity contribution in [3.8, 4) is 11.3 Å². The van der Waals surface area contributed by atoms with Gasteiger partial charge >= 0.3 is 0 Å². The number of rotatable bonds is 3. The van der Waals surface area contributed by atoms with E-state index in [1.165, 1.54) is 0 Å². The molecule has 0 bridgehead atoms. The summed E-state index contributed by atoms with van der Waals surface area (Å²) in [4.78, 5) is 16.7. The second-order valence-corrected chi connectivity index (χ2v) is 5.48. The minimum atomic E-state index is -0.298. The van der Waals surface area contributed by atoms with Crippen LogP contribution >= 0.6 is 11.6 Å². The lowest BCUT2D eigenvalue weighted by atomic mass is 10.1. The van der Waals surface area contributed by atoms with E-state index in [1.807, 2.05) is 13.0 Å². The summed E-state index contributed by atoms with van der Waals surface area (Å²) in [5.74, 6) is 0.147. The number of amides is 1. The molecule has 0 unspecified atom stereocenters. The molecule has 0 saturated carbocycles. The summed E-state index contributed by atoms with van der Waals surface area (Å²) in [5, 5.41) is 7.44. The summed E-state index contributed by atoms with van der Waals surface area (Å²) >= 11 is 6.09. The van der Waals surface area contributed by atoms with Crippen LogP contribution in [0.5, 0.6) is 0 Å². The Balaban J connectivity index is 1.97. The molecule has 23 heavy (non-hydrogen) atoms. The van der Waals surface area contributed by atoms with Crippen LogP contribution in [0.3, 0.4) is 0 Å². The molecular weight excluding hydrogens is 314 g/mol. The van der Waals surface area contributed by atoms with Crippen LogP contribution in [0.2, 0.25) is 5.02 Å². The van der Waals surface area contributed by atoms with Gasteiger partial charge in [-0.1, -0.05) is 22.8 Å². The van der Waals surface area contributed by atoms with Crippen molar-refractivity contribution in [2.75, 3.05) is 5.32 Å². The molecule has 0 radical (unpaired) electrons. The van der Waals surface area contributed by atoms with Crippen LogP contribution in [0.15, 0.2) is 47.2 Å². The number of anilines is 1. The number of pyridine rings is 1. The zero-order chi connectivity index (χ0) is 16.4. The molecule has 0 saturated heterocycles. The van der Waals surface area contributed by atoms with Gasteiger partial charge in [-0.25, -0.2) is 0 Å². The Hall–Kier alpha value is -2.66. The van der Waals surface area contributed by atoms with E-state index in [-0.39, 0.29) is 5.91 Å². The number of nitrogens with one attached hydrogen (secondary N) is 1. The van der Waals surface area contributed by atoms with Gasteiger partial charge in [0.25, 0.3) is 5.91 Å². The first-order chi connectivity index (χ1) is 11.1. The first-order valence-electron chi connectivity index (χ1n) is 7.01. The standard InChI is InChI=1S/C17H14ClN3O2/c1-10-13(18)6-3-7-14(10)20-17(22)15-11(2)23-21-16(15)12-5-4-8-19-9-12/h3-9H,1-2H3,(H,20,22). The molecule has 0 fully saturated rings. The lowest BCUT2D eigenvalue weighted by Crippen LogP contribution is -2.14. The highest BCUT2D eigenvalue weighted by atomic mass is 35.5. The molecule has 0 spiro atoms. The molecule has 1 N–H and O–H groups in total. The fraction of sp³-hybridized carbons (Fsp3) is 0.118. The molecule has 1 aromatic carbocycles. The Bertz CT molecular complexity index is 860. The maximum Gasteiger partial charge on any atom is 0.261 e. The zero-order valence-electron chi connectivity index (χ0n) is 12.6. The summed E-state index contributed by atoms with van der Waals surface area (Å²) in [6.07, 6.45) is 3.30. The van der Waals surface area contributed by atoms with Crippen molar-refractivity contribution in [1.82, 2.24) is 10.1 Å². The highest BCUT2D eigenvalue weighted by Crippen LogP contribution is 2.27. The highest BCUT2D eigenvalue weighted by Gasteiger charge is 2.22. The van der Waals surface area contributed by atoms with Crippen molar-refractivity contribution >= 4 is 23.2 Å². The Labute approximate surface area is 138 Å². The molecule has 0 aliphatic carbocycles. The third kappa shape index (κ3) is 2.96. The molecule has 5 nitrogen and oxygen atoms in total. The number of hydrogen-bond acceptors (Lipinski definition) is 4. The van der Waals surface area contributed by atoms with E-state index in [2.05, 4.69) is 15.5 Å². The summed E-state index contributed by atoms with van der Waals surface area (Å²) in [5.41, 5.74) is 3.03. The van der Waals surface area contributed by atoms with Crippen LogP contribution in [0.4, 0.5) is 5.69 Å². The van der Waals surface area contributed by atoms with Gasteiger partial charge < -0.3 is 9.84 Å². The first kappa shape index (κ1) is 15.2. The topological polar surface area (TPSA) is 68.0 Å². The number of nitrogens with zero attached hydrogens (tertiary/aromatic N) is 2. The van der Waals surface area contributed by atoms with E-state index in [0.29, 0.717) is 27.7 Å². The third-order valence-corrected chi connectivity index (χ3v) is 3.95. The second kappa shape index (κ2) is 6.22. The third-order valence-electron chi connectivity index (χ3n) is 3.54. The Morgan fingerprint density at radius 2 is 2.04 bits per heavy atom. The fourth-order valence-electron chi connectivity index (χ4n) is 2.27. The number of aromatic nitrogens is 2. The van der Waals surface area contributed by atoms with Crippen LogP contribution in [-0.2, 0) is 0 Å². The molecule has 0 aliphatic rings. The molecule has 116 valence electrons. The van der Waals surface area contributed by atoms with Gasteiger partial charge in [-0.3, -0.25) is 9.78 Å². The van der Waals surface area contributed by atoms with Gasteiger partial charge in [0.2, 0.25) is 0 Å². The Kier molecular flexibility index (Phi) is 4.12. The van der Waals surface area contributed by atoms with Gasteiger partial charge in [0, 0.05) is 28.7 Å². The quantitative estimate of drug-likeness (QED) is 0.780. The summed E-state index contributed by atoms with van der Waals surface area (Å²) in [6.45, 7) is 3.55. The molecule has 3 aromatic rings. The summed E-state index contributed by atoms with van der Waals surface area (Å²) in [6, 6.07) is 8.96. The number of carbonyl (C=O) groups excluding carboxylic acids is 1. The van der Waals surface area contributed by atoms with E-state index in [4.69, 9.17) is 16.1 Å². The maximum atomic E-state index is 12.7. The normalized spacial score (nSPS) is 10.6. The van der Waals surface area contributed by atoms with E-state index < -0.39 is 0 Å². The first-order valence-corrected chi connectivity index (χ1v) is 7.39. The highest BCUT2D eigenvalue weighted by molar-refractivity contribution is 6.31.